The summed E-state index contributed by atoms with van der Waals surface area (Å²) in [6, 6.07) is 18.6. The van der Waals surface area contributed by atoms with Crippen molar-refractivity contribution in [3.63, 3.8) is 0 Å². The molecule has 0 amide bonds. The first kappa shape index (κ1) is 17.4. The Morgan fingerprint density at radius 3 is 2.67 bits per heavy atom. The predicted molar refractivity (Wildman–Crippen MR) is 100 cm³/mol. The molecule has 0 fully saturated rings. The van der Waals surface area contributed by atoms with Gasteiger partial charge in [0.25, 0.3) is 0 Å². The third kappa shape index (κ3) is 4.04. The molecular formula is C22H21NO4. The molecule has 1 atom stereocenters. The average molecular weight is 363 g/mol. The van der Waals surface area contributed by atoms with E-state index in [1.807, 2.05) is 43.4 Å². The Labute approximate surface area is 158 Å². The van der Waals surface area contributed by atoms with Gasteiger partial charge >= 0.3 is 5.97 Å². The molecule has 3 aromatic rings. The number of furan rings is 1. The van der Waals surface area contributed by atoms with Crippen LogP contribution in [0, 0.1) is 0 Å². The predicted octanol–water partition coefficient (Wildman–Crippen LogP) is 4.20. The van der Waals surface area contributed by atoms with Gasteiger partial charge in [0.05, 0.1) is 18.4 Å². The number of nitrogens with zero attached hydrogens (tertiary/aromatic N) is 1. The van der Waals surface area contributed by atoms with Crippen LogP contribution in [0.5, 0.6) is 5.75 Å². The van der Waals surface area contributed by atoms with Crippen LogP contribution in [0.15, 0.2) is 71.3 Å². The van der Waals surface area contributed by atoms with Gasteiger partial charge in [0.2, 0.25) is 0 Å². The molecule has 0 radical (unpaired) electrons. The van der Waals surface area contributed by atoms with Gasteiger partial charge in [0, 0.05) is 12.1 Å². The number of hydrogen-bond donors (Lipinski definition) is 0. The molecule has 0 saturated heterocycles. The summed E-state index contributed by atoms with van der Waals surface area (Å²) in [6.07, 6.45) is 1.61. The van der Waals surface area contributed by atoms with E-state index in [0.29, 0.717) is 11.3 Å². The number of benzene rings is 2. The summed E-state index contributed by atoms with van der Waals surface area (Å²) in [7, 11) is 2.04. The Morgan fingerprint density at radius 2 is 1.89 bits per heavy atom. The van der Waals surface area contributed by atoms with E-state index >= 15 is 0 Å². The molecule has 0 saturated carbocycles. The van der Waals surface area contributed by atoms with Crippen LogP contribution in [0.25, 0.3) is 0 Å². The number of likely N-dealkylation sites (N-methyl/N-ethyl adjacent to an activating group) is 1. The van der Waals surface area contributed by atoms with Gasteiger partial charge in [-0.3, -0.25) is 4.90 Å². The van der Waals surface area contributed by atoms with E-state index in [0.717, 1.165) is 30.0 Å². The fraction of sp³-hybridized carbons (Fsp3) is 0.227. The highest BCUT2D eigenvalue weighted by Gasteiger charge is 2.27. The van der Waals surface area contributed by atoms with E-state index in [2.05, 4.69) is 4.90 Å². The van der Waals surface area contributed by atoms with Gasteiger partial charge in [-0.2, -0.15) is 0 Å². The minimum atomic E-state index is -0.347. The standard InChI is InChI=1S/C22H21NO4/c1-23-13-20-19(11-12-25-20)21(14-23)27-18-9-7-17(8-10-18)22(24)26-15-16-5-3-2-4-6-16/h2-12,21H,13-15H2,1H3. The normalized spacial score (nSPS) is 16.6. The maximum atomic E-state index is 12.2. The van der Waals surface area contributed by atoms with E-state index in [9.17, 15) is 4.79 Å². The zero-order valence-electron chi connectivity index (χ0n) is 15.1. The summed E-state index contributed by atoms with van der Waals surface area (Å²) in [4.78, 5) is 14.4. The smallest absolute Gasteiger partial charge is 0.338 e. The zero-order chi connectivity index (χ0) is 18.6. The highest BCUT2D eigenvalue weighted by atomic mass is 16.5. The van der Waals surface area contributed by atoms with Gasteiger partial charge in [-0.25, -0.2) is 4.79 Å². The van der Waals surface area contributed by atoms with Crippen LogP contribution in [0.1, 0.15) is 33.3 Å². The van der Waals surface area contributed by atoms with Crippen molar-refractivity contribution in [1.82, 2.24) is 4.90 Å². The maximum absolute atomic E-state index is 12.2. The molecular weight excluding hydrogens is 342 g/mol. The first-order valence-corrected chi connectivity index (χ1v) is 8.91. The van der Waals surface area contributed by atoms with Crippen molar-refractivity contribution in [2.75, 3.05) is 13.6 Å². The molecule has 4 rings (SSSR count). The second-order valence-electron chi connectivity index (χ2n) is 6.69. The summed E-state index contributed by atoms with van der Waals surface area (Å²) in [5.41, 5.74) is 2.55. The highest BCUT2D eigenvalue weighted by molar-refractivity contribution is 5.89. The van der Waals surface area contributed by atoms with Crippen molar-refractivity contribution in [2.45, 2.75) is 19.3 Å². The Bertz CT molecular complexity index is 902. The van der Waals surface area contributed by atoms with Gasteiger partial charge in [-0.1, -0.05) is 30.3 Å². The molecule has 1 aromatic heterocycles. The molecule has 0 N–H and O–H groups in total. The first-order chi connectivity index (χ1) is 13.2. The molecule has 5 nitrogen and oxygen atoms in total. The summed E-state index contributed by atoms with van der Waals surface area (Å²) >= 11 is 0. The van der Waals surface area contributed by atoms with Crippen molar-refractivity contribution >= 4 is 5.97 Å². The summed E-state index contributed by atoms with van der Waals surface area (Å²) in [5.74, 6) is 1.30. The van der Waals surface area contributed by atoms with Crippen molar-refractivity contribution < 1.29 is 18.7 Å². The van der Waals surface area contributed by atoms with Crippen LogP contribution in [-0.2, 0) is 17.9 Å². The summed E-state index contributed by atoms with van der Waals surface area (Å²) in [6.45, 7) is 1.83. The lowest BCUT2D eigenvalue weighted by Crippen LogP contribution is -2.32. The van der Waals surface area contributed by atoms with Gasteiger partial charge < -0.3 is 13.9 Å². The number of carbonyl (C=O) groups is 1. The molecule has 1 unspecified atom stereocenters. The van der Waals surface area contributed by atoms with E-state index < -0.39 is 0 Å². The van der Waals surface area contributed by atoms with Crippen LogP contribution < -0.4 is 4.74 Å². The third-order valence-corrected chi connectivity index (χ3v) is 4.60. The lowest BCUT2D eigenvalue weighted by Gasteiger charge is -2.29. The monoisotopic (exact) mass is 363 g/mol. The second kappa shape index (κ2) is 7.68. The van der Waals surface area contributed by atoms with Crippen LogP contribution in [0.2, 0.25) is 0 Å². The fourth-order valence-corrected chi connectivity index (χ4v) is 3.20. The van der Waals surface area contributed by atoms with Gasteiger partial charge in [-0.05, 0) is 42.9 Å². The quantitative estimate of drug-likeness (QED) is 0.636. The average Bonchev–Trinajstić information content (AvgIpc) is 3.16. The lowest BCUT2D eigenvalue weighted by atomic mass is 10.1. The molecule has 138 valence electrons. The van der Waals surface area contributed by atoms with Crippen LogP contribution in [0.3, 0.4) is 0 Å². The molecule has 0 aliphatic carbocycles. The highest BCUT2D eigenvalue weighted by Crippen LogP contribution is 2.31. The summed E-state index contributed by atoms with van der Waals surface area (Å²) in [5, 5.41) is 0. The van der Waals surface area contributed by atoms with Crippen LogP contribution in [0.4, 0.5) is 0 Å². The number of ether oxygens (including phenoxy) is 2. The number of esters is 1. The van der Waals surface area contributed by atoms with Gasteiger partial charge in [0.1, 0.15) is 24.2 Å². The molecule has 5 heteroatoms. The van der Waals surface area contributed by atoms with Gasteiger partial charge in [-0.15, -0.1) is 0 Å². The molecule has 0 spiro atoms. The molecule has 27 heavy (non-hydrogen) atoms. The van der Waals surface area contributed by atoms with Gasteiger partial charge in [0.15, 0.2) is 0 Å². The van der Waals surface area contributed by atoms with Crippen LogP contribution >= 0.6 is 0 Å². The van der Waals surface area contributed by atoms with Crippen molar-refractivity contribution in [3.05, 3.63) is 89.4 Å². The Balaban J connectivity index is 1.39. The number of fused-ring (bicyclic) bond motifs is 1. The van der Waals surface area contributed by atoms with E-state index in [-0.39, 0.29) is 18.7 Å². The minimum Gasteiger partial charge on any atom is -0.484 e. The molecule has 0 bridgehead atoms. The van der Waals surface area contributed by atoms with E-state index in [4.69, 9.17) is 13.9 Å². The van der Waals surface area contributed by atoms with E-state index in [1.165, 1.54) is 0 Å². The molecule has 2 heterocycles. The number of rotatable bonds is 5. The second-order valence-corrected chi connectivity index (χ2v) is 6.69. The number of carbonyl (C=O) groups excluding carboxylic acids is 1. The molecule has 1 aliphatic rings. The molecule has 2 aromatic carbocycles. The lowest BCUT2D eigenvalue weighted by molar-refractivity contribution is 0.0472. The maximum Gasteiger partial charge on any atom is 0.338 e. The molecule has 1 aliphatic heterocycles. The van der Waals surface area contributed by atoms with Crippen molar-refractivity contribution in [1.29, 1.82) is 0 Å². The third-order valence-electron chi connectivity index (χ3n) is 4.60. The topological polar surface area (TPSA) is 51.9 Å². The van der Waals surface area contributed by atoms with Crippen LogP contribution in [-0.4, -0.2) is 24.5 Å². The number of hydrogen-bond acceptors (Lipinski definition) is 5. The SMILES string of the molecule is CN1Cc2occc2C(Oc2ccc(C(=O)OCc3ccccc3)cc2)C1. The Hall–Kier alpha value is -3.05. The largest absolute Gasteiger partial charge is 0.484 e. The fourth-order valence-electron chi connectivity index (χ4n) is 3.20. The first-order valence-electron chi connectivity index (χ1n) is 8.91. The Kier molecular flexibility index (Phi) is 4.94. The van der Waals surface area contributed by atoms with E-state index in [1.54, 1.807) is 30.5 Å². The van der Waals surface area contributed by atoms with Crippen molar-refractivity contribution in [3.8, 4) is 5.75 Å². The zero-order valence-corrected chi connectivity index (χ0v) is 15.1. The Morgan fingerprint density at radius 1 is 1.11 bits per heavy atom. The van der Waals surface area contributed by atoms with Crippen molar-refractivity contribution in [2.24, 2.45) is 0 Å². The summed E-state index contributed by atoms with van der Waals surface area (Å²) < 4.78 is 17.0. The minimum absolute atomic E-state index is 0.0895.